The van der Waals surface area contributed by atoms with Gasteiger partial charge in [0.05, 0.1) is 23.3 Å². The van der Waals surface area contributed by atoms with E-state index in [1.54, 1.807) is 0 Å². The van der Waals surface area contributed by atoms with Crippen molar-refractivity contribution >= 4 is 50.4 Å². The fourth-order valence-corrected chi connectivity index (χ4v) is 8.60. The molecule has 2 aromatic heterocycles. The fourth-order valence-electron chi connectivity index (χ4n) is 8.60. The molecule has 5 heteroatoms. The predicted octanol–water partition coefficient (Wildman–Crippen LogP) is 16.3. The van der Waals surface area contributed by atoms with Crippen LogP contribution < -0.4 is 0 Å². The third kappa shape index (κ3) is 8.77. The third-order valence-corrected chi connectivity index (χ3v) is 12.2. The molecule has 0 N–H and O–H groups in total. The number of rotatable bonds is 10. The second-order valence-corrected chi connectivity index (χ2v) is 17.7. The maximum absolute atomic E-state index is 8.02. The highest BCUT2D eigenvalue weighted by atomic mass is 15.0. The zero-order chi connectivity index (χ0) is 45.9. The van der Waals surface area contributed by atoms with Crippen LogP contribution in [0.3, 0.4) is 0 Å². The molecule has 0 aliphatic rings. The normalized spacial score (nSPS) is 12.0. The summed E-state index contributed by atoms with van der Waals surface area (Å²) < 4.78 is 2.35. The average molecular weight is 862 g/mol. The van der Waals surface area contributed by atoms with E-state index in [-0.39, 0.29) is 5.41 Å². The van der Waals surface area contributed by atoms with Gasteiger partial charge in [0.25, 0.3) is 0 Å². The van der Waals surface area contributed by atoms with E-state index < -0.39 is 0 Å². The quantitative estimate of drug-likeness (QED) is 0.102. The van der Waals surface area contributed by atoms with E-state index in [0.29, 0.717) is 28.7 Å². The van der Waals surface area contributed by atoms with Crippen molar-refractivity contribution < 1.29 is 0 Å². The van der Waals surface area contributed by atoms with E-state index in [0.717, 1.165) is 77.6 Å². The van der Waals surface area contributed by atoms with E-state index in [1.807, 2.05) is 84.9 Å². The Labute approximate surface area is 392 Å². The molecule has 0 radical (unpaired) electrons. The predicted molar refractivity (Wildman–Crippen MR) is 280 cm³/mol. The monoisotopic (exact) mass is 861 g/mol. The average Bonchev–Trinajstić information content (AvgIpc) is 3.71. The van der Waals surface area contributed by atoms with Gasteiger partial charge in [-0.25, -0.2) is 19.8 Å². The number of nitrogens with zero attached hydrogens (tertiary/aromatic N) is 5. The smallest absolute Gasteiger partial charge is 0.188 e. The minimum atomic E-state index is -0.0930. The Kier molecular flexibility index (Phi) is 11.4. The van der Waals surface area contributed by atoms with Crippen molar-refractivity contribution in [2.75, 3.05) is 0 Å². The molecular weight excluding hydrogens is 815 g/mol. The first kappa shape index (κ1) is 42.2. The van der Waals surface area contributed by atoms with Crippen LogP contribution in [0.5, 0.6) is 0 Å². The van der Waals surface area contributed by atoms with E-state index >= 15 is 0 Å². The SMILES string of the molecule is [C-]#[N+]c1ccc2c(c1)c1cc(C(C)(C)C)ccc1n2C(=C\c1ccc(-c2ccccc2)cc1)/C(=C\C(=C)c1nc(-c2ccccc2)nc(-c2ccccc2)n1)c1ccc(-c2ccccc2)cc1. The highest BCUT2D eigenvalue weighted by Gasteiger charge is 2.23. The molecule has 0 saturated heterocycles. The molecule has 10 rings (SSSR count). The highest BCUT2D eigenvalue weighted by Crippen LogP contribution is 2.42. The van der Waals surface area contributed by atoms with Crippen molar-refractivity contribution in [3.05, 3.63) is 253 Å². The van der Waals surface area contributed by atoms with Crippen molar-refractivity contribution in [3.8, 4) is 45.0 Å². The molecule has 2 heterocycles. The van der Waals surface area contributed by atoms with Crippen LogP contribution in [0, 0.1) is 6.57 Å². The van der Waals surface area contributed by atoms with E-state index in [1.165, 1.54) is 5.56 Å². The lowest BCUT2D eigenvalue weighted by Crippen LogP contribution is -2.10. The molecule has 0 spiro atoms. The summed E-state index contributed by atoms with van der Waals surface area (Å²) in [4.78, 5) is 19.1. The summed E-state index contributed by atoms with van der Waals surface area (Å²) in [6.07, 6.45) is 4.38. The van der Waals surface area contributed by atoms with Crippen molar-refractivity contribution in [3.63, 3.8) is 0 Å². The van der Waals surface area contributed by atoms with Crippen molar-refractivity contribution in [2.24, 2.45) is 0 Å². The molecule has 8 aromatic carbocycles. The van der Waals surface area contributed by atoms with Crippen LogP contribution in [0.1, 0.15) is 43.3 Å². The minimum absolute atomic E-state index is 0.0930. The van der Waals surface area contributed by atoms with Gasteiger partial charge in [-0.2, -0.15) is 0 Å². The summed E-state index contributed by atoms with van der Waals surface area (Å²) in [7, 11) is 0. The van der Waals surface area contributed by atoms with E-state index in [9.17, 15) is 0 Å². The number of hydrogen-bond acceptors (Lipinski definition) is 3. The molecule has 0 saturated carbocycles. The van der Waals surface area contributed by atoms with Gasteiger partial charge in [-0.3, -0.25) is 0 Å². The number of aromatic nitrogens is 4. The van der Waals surface area contributed by atoms with Crippen LogP contribution in [0.4, 0.5) is 5.69 Å². The molecule has 320 valence electrons. The van der Waals surface area contributed by atoms with Gasteiger partial charge in [0.1, 0.15) is 0 Å². The second kappa shape index (κ2) is 18.0. The number of fused-ring (bicyclic) bond motifs is 3. The standard InChI is InChI=1S/C62H47N5/c1-42(59-64-60(49-22-14-8-15-23-49)66-61(65-59)50-24-16-9-17-25-50)38-53(48-32-30-47(31-33-48)45-20-12-7-13-21-45)58(39-43-26-28-46(29-27-43)44-18-10-6-11-19-44)67-56-36-34-51(62(2,3)4)40-54(56)55-41-52(63-5)35-37-57(55)67/h6-41H,1H2,2-4H3/b53-38-,58-39-. The molecule has 0 bridgehead atoms. The van der Waals surface area contributed by atoms with Crippen LogP contribution in [-0.4, -0.2) is 19.5 Å². The lowest BCUT2D eigenvalue weighted by molar-refractivity contribution is 0.591. The number of hydrogen-bond donors (Lipinski definition) is 0. The first-order valence-electron chi connectivity index (χ1n) is 22.5. The Morgan fingerprint density at radius 1 is 0.522 bits per heavy atom. The second-order valence-electron chi connectivity index (χ2n) is 17.7. The van der Waals surface area contributed by atoms with Gasteiger partial charge in [0.15, 0.2) is 23.2 Å². The molecule has 0 aliphatic heterocycles. The van der Waals surface area contributed by atoms with Gasteiger partial charge >= 0.3 is 0 Å². The summed E-state index contributed by atoms with van der Waals surface area (Å²) >= 11 is 0. The maximum Gasteiger partial charge on any atom is 0.188 e. The Balaban J connectivity index is 1.25. The minimum Gasteiger partial charge on any atom is -0.309 e. The first-order chi connectivity index (χ1) is 32.7. The van der Waals surface area contributed by atoms with Crippen LogP contribution >= 0.6 is 0 Å². The topological polar surface area (TPSA) is 48.0 Å². The molecule has 5 nitrogen and oxygen atoms in total. The van der Waals surface area contributed by atoms with E-state index in [4.69, 9.17) is 28.1 Å². The Morgan fingerprint density at radius 3 is 1.49 bits per heavy atom. The Bertz CT molecular complexity index is 3460. The summed E-state index contributed by atoms with van der Waals surface area (Å²) in [5.74, 6) is 1.60. The lowest BCUT2D eigenvalue weighted by atomic mass is 9.86. The van der Waals surface area contributed by atoms with Crippen molar-refractivity contribution in [1.82, 2.24) is 19.5 Å². The van der Waals surface area contributed by atoms with Gasteiger partial charge in [0, 0.05) is 27.7 Å². The molecule has 0 aliphatic carbocycles. The molecule has 0 unspecified atom stereocenters. The zero-order valence-electron chi connectivity index (χ0n) is 37.7. The molecule has 67 heavy (non-hydrogen) atoms. The van der Waals surface area contributed by atoms with Crippen molar-refractivity contribution in [2.45, 2.75) is 26.2 Å². The van der Waals surface area contributed by atoms with E-state index in [2.05, 4.69) is 164 Å². The van der Waals surface area contributed by atoms with Gasteiger partial charge < -0.3 is 4.57 Å². The fraction of sp³-hybridized carbons (Fsp3) is 0.0645. The molecule has 10 aromatic rings. The Morgan fingerprint density at radius 2 is 0.985 bits per heavy atom. The first-order valence-corrected chi connectivity index (χ1v) is 22.5. The maximum atomic E-state index is 8.02. The number of benzene rings is 8. The van der Waals surface area contributed by atoms with Crippen LogP contribution in [0.15, 0.2) is 219 Å². The zero-order valence-corrected chi connectivity index (χ0v) is 37.7. The molecule has 0 fully saturated rings. The summed E-state index contributed by atoms with van der Waals surface area (Å²) in [5, 5.41) is 2.09. The largest absolute Gasteiger partial charge is 0.309 e. The lowest BCUT2D eigenvalue weighted by Gasteiger charge is -2.21. The summed E-state index contributed by atoms with van der Waals surface area (Å²) in [6, 6.07) is 71.2. The summed E-state index contributed by atoms with van der Waals surface area (Å²) in [6.45, 7) is 19.5. The third-order valence-electron chi connectivity index (χ3n) is 12.2. The van der Waals surface area contributed by atoms with Gasteiger partial charge in [-0.15, -0.1) is 0 Å². The number of allylic oxidation sites excluding steroid dienone is 4. The summed E-state index contributed by atoms with van der Waals surface area (Å²) in [5.41, 5.74) is 14.5. The van der Waals surface area contributed by atoms with Crippen molar-refractivity contribution in [1.29, 1.82) is 0 Å². The van der Waals surface area contributed by atoms with Crippen LogP contribution in [-0.2, 0) is 5.41 Å². The van der Waals surface area contributed by atoms with Crippen LogP contribution in [0.25, 0.3) is 94.6 Å². The molecule has 0 amide bonds. The highest BCUT2D eigenvalue weighted by molar-refractivity contribution is 6.17. The Hall–Kier alpha value is -8.72. The van der Waals surface area contributed by atoms with Gasteiger partial charge in [0.2, 0.25) is 0 Å². The van der Waals surface area contributed by atoms with Gasteiger partial charge in [-0.1, -0.05) is 209 Å². The molecular formula is C62H47N5. The van der Waals surface area contributed by atoms with Gasteiger partial charge in [-0.05, 0) is 86.2 Å². The van der Waals surface area contributed by atoms with Crippen LogP contribution in [0.2, 0.25) is 0 Å². The molecule has 0 atom stereocenters.